The molecule has 0 bridgehead atoms. The van der Waals surface area contributed by atoms with Crippen LogP contribution in [0.1, 0.15) is 37.8 Å². The van der Waals surface area contributed by atoms with E-state index in [0.717, 1.165) is 42.7 Å². The SMILES string of the molecule is CCN1C[C@@H](NC(=O)c2cc3cc(Cl)ccc3[nH]2)[C@H](NC(=O)c2nc3c(s2)CN(C)CC3)C1. The van der Waals surface area contributed by atoms with E-state index in [4.69, 9.17) is 11.6 Å². The molecule has 3 N–H and O–H groups in total. The highest BCUT2D eigenvalue weighted by Gasteiger charge is 2.35. The summed E-state index contributed by atoms with van der Waals surface area (Å²) in [5, 5.41) is 8.26. The highest BCUT2D eigenvalue weighted by atomic mass is 35.5. The molecule has 10 heteroatoms. The number of fused-ring (bicyclic) bond motifs is 2. The van der Waals surface area contributed by atoms with Crippen LogP contribution in [0.3, 0.4) is 0 Å². The van der Waals surface area contributed by atoms with Crippen molar-refractivity contribution in [2.75, 3.05) is 33.2 Å². The van der Waals surface area contributed by atoms with E-state index >= 15 is 0 Å². The Balaban J connectivity index is 1.29. The van der Waals surface area contributed by atoms with Crippen molar-refractivity contribution in [3.63, 3.8) is 0 Å². The standard InChI is InChI=1S/C23H27ClN6O2S/c1-3-30-10-18(26-21(31)17-9-13-8-14(24)4-5-15(13)25-17)19(11-30)27-22(32)23-28-16-6-7-29(2)12-20(16)33-23/h4-5,8-9,18-19,25H,3,6-7,10-12H2,1-2H3,(H,26,31)(H,27,32)/t18-,19-/m1/s1. The Morgan fingerprint density at radius 1 is 1.21 bits per heavy atom. The van der Waals surface area contributed by atoms with Gasteiger partial charge < -0.3 is 20.5 Å². The van der Waals surface area contributed by atoms with Crippen molar-refractivity contribution in [1.82, 2.24) is 30.4 Å². The van der Waals surface area contributed by atoms with Crippen molar-refractivity contribution in [2.45, 2.75) is 32.0 Å². The van der Waals surface area contributed by atoms with Crippen LogP contribution in [0.15, 0.2) is 24.3 Å². The summed E-state index contributed by atoms with van der Waals surface area (Å²) < 4.78 is 0. The number of thiazole rings is 1. The molecule has 2 amide bonds. The van der Waals surface area contributed by atoms with Crippen LogP contribution in [0.5, 0.6) is 0 Å². The molecule has 2 aliphatic rings. The van der Waals surface area contributed by atoms with Gasteiger partial charge in [-0.25, -0.2) is 4.98 Å². The van der Waals surface area contributed by atoms with Gasteiger partial charge in [-0.15, -0.1) is 11.3 Å². The molecular weight excluding hydrogens is 460 g/mol. The molecule has 3 aromatic rings. The van der Waals surface area contributed by atoms with Crippen LogP contribution in [-0.2, 0) is 13.0 Å². The van der Waals surface area contributed by atoms with Gasteiger partial charge >= 0.3 is 0 Å². The molecule has 174 valence electrons. The Morgan fingerprint density at radius 2 is 1.97 bits per heavy atom. The Labute approximate surface area is 201 Å². The van der Waals surface area contributed by atoms with Crippen LogP contribution >= 0.6 is 22.9 Å². The maximum absolute atomic E-state index is 13.0. The number of likely N-dealkylation sites (N-methyl/N-ethyl adjacent to an activating group) is 2. The minimum atomic E-state index is -0.197. The second-order valence-electron chi connectivity index (χ2n) is 8.80. The summed E-state index contributed by atoms with van der Waals surface area (Å²) in [6.07, 6.45) is 0.872. The number of benzene rings is 1. The lowest BCUT2D eigenvalue weighted by atomic mass is 10.1. The number of hydrogen-bond donors (Lipinski definition) is 3. The first-order valence-corrected chi connectivity index (χ1v) is 12.4. The van der Waals surface area contributed by atoms with E-state index in [9.17, 15) is 9.59 Å². The molecule has 2 atom stereocenters. The number of nitrogens with zero attached hydrogens (tertiary/aromatic N) is 3. The molecule has 0 unspecified atom stereocenters. The number of likely N-dealkylation sites (tertiary alicyclic amines) is 1. The summed E-state index contributed by atoms with van der Waals surface area (Å²) in [6, 6.07) is 6.89. The van der Waals surface area contributed by atoms with Gasteiger partial charge in [0.2, 0.25) is 0 Å². The second kappa shape index (κ2) is 9.06. The molecule has 1 aromatic carbocycles. The Bertz CT molecular complexity index is 1210. The van der Waals surface area contributed by atoms with Crippen molar-refractivity contribution in [3.05, 3.63) is 50.6 Å². The van der Waals surface area contributed by atoms with E-state index < -0.39 is 0 Å². The highest BCUT2D eigenvalue weighted by Crippen LogP contribution is 2.25. The minimum absolute atomic E-state index is 0.167. The first-order valence-electron chi connectivity index (χ1n) is 11.2. The molecule has 0 aliphatic carbocycles. The summed E-state index contributed by atoms with van der Waals surface area (Å²) in [6.45, 7) is 6.08. The van der Waals surface area contributed by atoms with Crippen molar-refractivity contribution in [3.8, 4) is 0 Å². The maximum Gasteiger partial charge on any atom is 0.280 e. The first kappa shape index (κ1) is 22.3. The van der Waals surface area contributed by atoms with Crippen LogP contribution in [0.25, 0.3) is 10.9 Å². The number of rotatable bonds is 5. The Morgan fingerprint density at radius 3 is 2.73 bits per heavy atom. The van der Waals surface area contributed by atoms with Gasteiger partial charge in [0.25, 0.3) is 11.8 Å². The first-order chi connectivity index (χ1) is 15.9. The third-order valence-electron chi connectivity index (χ3n) is 6.42. The fourth-order valence-electron chi connectivity index (χ4n) is 4.56. The zero-order valence-corrected chi connectivity index (χ0v) is 20.2. The quantitative estimate of drug-likeness (QED) is 0.515. The topological polar surface area (TPSA) is 93.4 Å². The van der Waals surface area contributed by atoms with Gasteiger partial charge in [-0.3, -0.25) is 14.5 Å². The molecule has 0 saturated carbocycles. The second-order valence-corrected chi connectivity index (χ2v) is 10.3. The predicted octanol–water partition coefficient (Wildman–Crippen LogP) is 2.50. The number of nitrogens with one attached hydrogen (secondary N) is 3. The van der Waals surface area contributed by atoms with Gasteiger partial charge in [-0.2, -0.15) is 0 Å². The van der Waals surface area contributed by atoms with Crippen molar-refractivity contribution >= 4 is 45.7 Å². The summed E-state index contributed by atoms with van der Waals surface area (Å²) >= 11 is 7.54. The van der Waals surface area contributed by atoms with Gasteiger partial charge in [-0.05, 0) is 37.9 Å². The molecule has 1 fully saturated rings. The van der Waals surface area contributed by atoms with Crippen LogP contribution in [-0.4, -0.2) is 76.9 Å². The molecule has 0 radical (unpaired) electrons. The molecule has 4 heterocycles. The van der Waals surface area contributed by atoms with Gasteiger partial charge in [0.15, 0.2) is 5.01 Å². The fourth-order valence-corrected chi connectivity index (χ4v) is 5.83. The third kappa shape index (κ3) is 4.63. The summed E-state index contributed by atoms with van der Waals surface area (Å²) in [4.78, 5) is 39.4. The number of amides is 2. The zero-order valence-electron chi connectivity index (χ0n) is 18.7. The van der Waals surface area contributed by atoms with Gasteiger partial charge in [-0.1, -0.05) is 18.5 Å². The molecule has 1 saturated heterocycles. The van der Waals surface area contributed by atoms with Gasteiger partial charge in [0.1, 0.15) is 5.69 Å². The van der Waals surface area contributed by atoms with E-state index in [-0.39, 0.29) is 23.9 Å². The number of H-pyrrole nitrogens is 1. The Kier molecular flexibility index (Phi) is 6.13. The van der Waals surface area contributed by atoms with Crippen molar-refractivity contribution < 1.29 is 9.59 Å². The average Bonchev–Trinajstić information content (AvgIpc) is 3.49. The maximum atomic E-state index is 13.0. The van der Waals surface area contributed by atoms with E-state index in [1.54, 1.807) is 12.1 Å². The molecule has 2 aromatic heterocycles. The van der Waals surface area contributed by atoms with Crippen LogP contribution < -0.4 is 10.6 Å². The van der Waals surface area contributed by atoms with Crippen LogP contribution in [0.2, 0.25) is 5.02 Å². The third-order valence-corrected chi connectivity index (χ3v) is 7.74. The average molecular weight is 487 g/mol. The van der Waals surface area contributed by atoms with Crippen LogP contribution in [0, 0.1) is 0 Å². The molecule has 2 aliphatic heterocycles. The molecule has 0 spiro atoms. The van der Waals surface area contributed by atoms with Crippen molar-refractivity contribution in [2.24, 2.45) is 0 Å². The molecule has 33 heavy (non-hydrogen) atoms. The number of carbonyl (C=O) groups is 2. The lowest BCUT2D eigenvalue weighted by Crippen LogP contribution is -2.51. The van der Waals surface area contributed by atoms with Crippen molar-refractivity contribution in [1.29, 1.82) is 0 Å². The molecule has 5 rings (SSSR count). The van der Waals surface area contributed by atoms with E-state index in [0.29, 0.717) is 28.8 Å². The monoisotopic (exact) mass is 486 g/mol. The van der Waals surface area contributed by atoms with Gasteiger partial charge in [0.05, 0.1) is 17.8 Å². The largest absolute Gasteiger partial charge is 0.351 e. The summed E-state index contributed by atoms with van der Waals surface area (Å²) in [7, 11) is 2.08. The smallest absolute Gasteiger partial charge is 0.280 e. The zero-order chi connectivity index (χ0) is 23.1. The predicted molar refractivity (Wildman–Crippen MR) is 130 cm³/mol. The lowest BCUT2D eigenvalue weighted by molar-refractivity contribution is 0.0894. The number of aromatic nitrogens is 2. The van der Waals surface area contributed by atoms with Gasteiger partial charge in [0, 0.05) is 53.4 Å². The minimum Gasteiger partial charge on any atom is -0.351 e. The molecular formula is C23H27ClN6O2S. The summed E-state index contributed by atoms with van der Waals surface area (Å²) in [5.41, 5.74) is 2.37. The van der Waals surface area contributed by atoms with E-state index in [1.165, 1.54) is 16.2 Å². The highest BCUT2D eigenvalue weighted by molar-refractivity contribution is 7.13. The van der Waals surface area contributed by atoms with Crippen LogP contribution in [0.4, 0.5) is 0 Å². The molecule has 8 nitrogen and oxygen atoms in total. The number of hydrogen-bond acceptors (Lipinski definition) is 6. The van der Waals surface area contributed by atoms with E-state index in [1.807, 2.05) is 12.1 Å². The Hall–Kier alpha value is -2.46. The number of aromatic amines is 1. The number of halogens is 1. The lowest BCUT2D eigenvalue weighted by Gasteiger charge is -2.20. The normalized spacial score (nSPS) is 21.3. The fraction of sp³-hybridized carbons (Fsp3) is 0.435. The van der Waals surface area contributed by atoms with E-state index in [2.05, 4.69) is 44.4 Å². The number of carbonyl (C=O) groups excluding carboxylic acids is 2. The summed E-state index contributed by atoms with van der Waals surface area (Å²) in [5.74, 6) is -0.364.